The van der Waals surface area contributed by atoms with Crippen LogP contribution in [-0.2, 0) is 11.3 Å². The number of hydrogen-bond donors (Lipinski definition) is 0. The molecule has 0 bridgehead atoms. The number of rotatable bonds is 6. The van der Waals surface area contributed by atoms with Crippen LogP contribution in [0.5, 0.6) is 5.75 Å². The number of amides is 1. The van der Waals surface area contributed by atoms with E-state index in [-0.39, 0.29) is 36.2 Å². The Labute approximate surface area is 193 Å². The zero-order valence-electron chi connectivity index (χ0n) is 19.3. The zero-order chi connectivity index (χ0) is 23.5. The molecule has 1 aliphatic rings. The van der Waals surface area contributed by atoms with Crippen molar-refractivity contribution in [2.45, 2.75) is 39.4 Å². The number of ketones is 1. The minimum absolute atomic E-state index is 0.0154. The van der Waals surface area contributed by atoms with Crippen molar-refractivity contribution in [3.05, 3.63) is 77.6 Å². The van der Waals surface area contributed by atoms with Gasteiger partial charge in [-0.1, -0.05) is 42.5 Å². The van der Waals surface area contributed by atoms with Gasteiger partial charge < -0.3 is 9.64 Å². The lowest BCUT2D eigenvalue weighted by Crippen LogP contribution is -2.58. The minimum atomic E-state index is -0.241. The lowest BCUT2D eigenvalue weighted by Gasteiger charge is -2.44. The second-order valence-electron chi connectivity index (χ2n) is 8.80. The third-order valence-corrected chi connectivity index (χ3v) is 6.33. The molecule has 3 aromatic rings. The zero-order valence-corrected chi connectivity index (χ0v) is 19.3. The summed E-state index contributed by atoms with van der Waals surface area (Å²) in [4.78, 5) is 29.5. The van der Waals surface area contributed by atoms with Crippen LogP contribution in [0.15, 0.2) is 60.7 Å². The van der Waals surface area contributed by atoms with Crippen LogP contribution in [0.2, 0.25) is 0 Å². The van der Waals surface area contributed by atoms with Gasteiger partial charge in [-0.2, -0.15) is 0 Å². The molecule has 5 nitrogen and oxygen atoms in total. The normalized spacial score (nSPS) is 19.0. The van der Waals surface area contributed by atoms with Crippen molar-refractivity contribution in [1.29, 1.82) is 0 Å². The van der Waals surface area contributed by atoms with Crippen LogP contribution < -0.4 is 4.74 Å². The molecular formula is C27H29FN2O3. The lowest BCUT2D eigenvalue weighted by molar-refractivity contribution is -0.139. The maximum atomic E-state index is 13.2. The molecule has 0 spiro atoms. The first-order valence-corrected chi connectivity index (χ1v) is 11.3. The molecule has 172 valence electrons. The van der Waals surface area contributed by atoms with Gasteiger partial charge in [-0.15, -0.1) is 0 Å². The Morgan fingerprint density at radius 1 is 0.970 bits per heavy atom. The quantitative estimate of drug-likeness (QED) is 0.514. The fraction of sp³-hybridized carbons (Fsp3) is 0.333. The highest BCUT2D eigenvalue weighted by molar-refractivity contribution is 6.09. The Hall–Kier alpha value is -3.25. The average molecular weight is 449 g/mol. The number of hydrogen-bond acceptors (Lipinski definition) is 4. The van der Waals surface area contributed by atoms with Crippen LogP contribution in [-0.4, -0.2) is 53.3 Å². The number of carbonyl (C=O) groups excluding carboxylic acids is 2. The smallest absolute Gasteiger partial charge is 0.260 e. The van der Waals surface area contributed by atoms with Gasteiger partial charge in [0.2, 0.25) is 0 Å². The summed E-state index contributed by atoms with van der Waals surface area (Å²) in [5, 5.41) is 1.78. The fourth-order valence-electron chi connectivity index (χ4n) is 4.55. The molecule has 0 N–H and O–H groups in total. The van der Waals surface area contributed by atoms with Gasteiger partial charge in [0.05, 0.1) is 5.56 Å². The standard InChI is InChI=1S/C27H29FN2O3/c1-18-15-30(19(2)14-29(18)16-21-8-11-23(28)12-9-21)26(32)17-33-25-13-10-22-6-4-5-7-24(22)27(25)20(3)31/h4-13,18-19H,14-17H2,1-3H3/t18-,19+/m0/s1. The number of benzene rings is 3. The third kappa shape index (κ3) is 5.06. The van der Waals surface area contributed by atoms with Crippen molar-refractivity contribution in [2.24, 2.45) is 0 Å². The molecule has 0 unspecified atom stereocenters. The number of carbonyl (C=O) groups is 2. The average Bonchev–Trinajstić information content (AvgIpc) is 2.80. The molecule has 4 rings (SSSR count). The summed E-state index contributed by atoms with van der Waals surface area (Å²) < 4.78 is 19.1. The number of piperazine rings is 1. The van der Waals surface area contributed by atoms with Crippen LogP contribution in [0.1, 0.15) is 36.7 Å². The Morgan fingerprint density at radius 3 is 2.42 bits per heavy atom. The van der Waals surface area contributed by atoms with Gasteiger partial charge in [0.15, 0.2) is 12.4 Å². The summed E-state index contributed by atoms with van der Waals surface area (Å²) >= 11 is 0. The van der Waals surface area contributed by atoms with E-state index >= 15 is 0 Å². The third-order valence-electron chi connectivity index (χ3n) is 6.33. The van der Waals surface area contributed by atoms with E-state index in [0.29, 0.717) is 24.4 Å². The molecule has 1 saturated heterocycles. The first kappa shape index (κ1) is 22.9. The van der Waals surface area contributed by atoms with E-state index < -0.39 is 0 Å². The molecule has 0 aliphatic carbocycles. The van der Waals surface area contributed by atoms with Gasteiger partial charge in [-0.3, -0.25) is 14.5 Å². The van der Waals surface area contributed by atoms with Gasteiger partial charge in [0.25, 0.3) is 5.91 Å². The minimum Gasteiger partial charge on any atom is -0.483 e. The predicted molar refractivity (Wildman–Crippen MR) is 127 cm³/mol. The van der Waals surface area contributed by atoms with Crippen LogP contribution >= 0.6 is 0 Å². The predicted octanol–water partition coefficient (Wildman–Crippen LogP) is 4.68. The van der Waals surface area contributed by atoms with E-state index in [1.807, 2.05) is 42.2 Å². The maximum Gasteiger partial charge on any atom is 0.260 e. The number of fused-ring (bicyclic) bond motifs is 1. The van der Waals surface area contributed by atoms with Crippen LogP contribution in [0.25, 0.3) is 10.8 Å². The van der Waals surface area contributed by atoms with E-state index in [1.54, 1.807) is 18.2 Å². The molecule has 1 fully saturated rings. The van der Waals surface area contributed by atoms with Gasteiger partial charge in [-0.25, -0.2) is 4.39 Å². The first-order chi connectivity index (χ1) is 15.8. The second kappa shape index (κ2) is 9.71. The van der Waals surface area contributed by atoms with Crippen molar-refractivity contribution in [3.8, 4) is 5.75 Å². The number of ether oxygens (including phenoxy) is 1. The monoisotopic (exact) mass is 448 g/mol. The molecule has 0 radical (unpaired) electrons. The molecule has 1 heterocycles. The van der Waals surface area contributed by atoms with Crippen molar-refractivity contribution < 1.29 is 18.7 Å². The van der Waals surface area contributed by atoms with Crippen molar-refractivity contribution >= 4 is 22.5 Å². The topological polar surface area (TPSA) is 49.9 Å². The van der Waals surface area contributed by atoms with E-state index in [2.05, 4.69) is 11.8 Å². The van der Waals surface area contributed by atoms with E-state index in [9.17, 15) is 14.0 Å². The van der Waals surface area contributed by atoms with Crippen LogP contribution in [0.4, 0.5) is 4.39 Å². The highest BCUT2D eigenvalue weighted by Gasteiger charge is 2.32. The second-order valence-corrected chi connectivity index (χ2v) is 8.80. The van der Waals surface area contributed by atoms with Gasteiger partial charge in [0.1, 0.15) is 11.6 Å². The van der Waals surface area contributed by atoms with Gasteiger partial charge in [-0.05, 0) is 55.3 Å². The summed E-state index contributed by atoms with van der Waals surface area (Å²) in [6.07, 6.45) is 0. The van der Waals surface area contributed by atoms with Crippen molar-refractivity contribution in [3.63, 3.8) is 0 Å². The largest absolute Gasteiger partial charge is 0.483 e. The van der Waals surface area contributed by atoms with E-state index in [4.69, 9.17) is 4.74 Å². The SMILES string of the molecule is CC(=O)c1c(OCC(=O)N2C[C@H](C)N(Cc3ccc(F)cc3)C[C@H]2C)ccc2ccccc12. The molecule has 1 aliphatic heterocycles. The van der Waals surface area contributed by atoms with Gasteiger partial charge in [0, 0.05) is 31.7 Å². The Kier molecular flexibility index (Phi) is 6.75. The van der Waals surface area contributed by atoms with E-state index in [0.717, 1.165) is 22.9 Å². The highest BCUT2D eigenvalue weighted by atomic mass is 19.1. The molecule has 2 atom stereocenters. The highest BCUT2D eigenvalue weighted by Crippen LogP contribution is 2.29. The molecule has 0 saturated carbocycles. The van der Waals surface area contributed by atoms with Gasteiger partial charge >= 0.3 is 0 Å². The molecule has 0 aromatic heterocycles. The van der Waals surface area contributed by atoms with Crippen LogP contribution in [0.3, 0.4) is 0 Å². The Morgan fingerprint density at radius 2 is 1.70 bits per heavy atom. The molecule has 33 heavy (non-hydrogen) atoms. The Bertz CT molecular complexity index is 1160. The molecule has 6 heteroatoms. The van der Waals surface area contributed by atoms with Crippen LogP contribution in [0, 0.1) is 5.82 Å². The number of halogens is 1. The van der Waals surface area contributed by atoms with E-state index in [1.165, 1.54) is 19.1 Å². The maximum absolute atomic E-state index is 13.2. The summed E-state index contributed by atoms with van der Waals surface area (Å²) in [5.41, 5.74) is 1.55. The fourth-order valence-corrected chi connectivity index (χ4v) is 4.55. The summed E-state index contributed by atoms with van der Waals surface area (Å²) in [5.74, 6) is 0.00390. The van der Waals surface area contributed by atoms with Crippen molar-refractivity contribution in [2.75, 3.05) is 19.7 Å². The number of Topliss-reactive ketones (excluding diaryl/α,β-unsaturated/α-hetero) is 1. The summed E-state index contributed by atoms with van der Waals surface area (Å²) in [7, 11) is 0. The van der Waals surface area contributed by atoms with Crippen molar-refractivity contribution in [1.82, 2.24) is 9.80 Å². The summed E-state index contributed by atoms with van der Waals surface area (Å²) in [6, 6.07) is 18.0. The summed E-state index contributed by atoms with van der Waals surface area (Å²) in [6.45, 7) is 7.53. The molecule has 1 amide bonds. The Balaban J connectivity index is 1.42. The molecular weight excluding hydrogens is 419 g/mol. The molecule has 3 aromatic carbocycles. The first-order valence-electron chi connectivity index (χ1n) is 11.3. The lowest BCUT2D eigenvalue weighted by atomic mass is 10.0. The number of nitrogens with zero attached hydrogens (tertiary/aromatic N) is 2.